The molecule has 1 aromatic carbocycles. The molecule has 0 atom stereocenters. The quantitative estimate of drug-likeness (QED) is 0.927. The lowest BCUT2D eigenvalue weighted by molar-refractivity contribution is 0.0696. The van der Waals surface area contributed by atoms with Gasteiger partial charge in [0, 0.05) is 19.3 Å². The summed E-state index contributed by atoms with van der Waals surface area (Å²) in [6, 6.07) is 11.7. The van der Waals surface area contributed by atoms with Gasteiger partial charge in [0.1, 0.15) is 11.4 Å². The second-order valence-corrected chi connectivity index (χ2v) is 4.93. The molecule has 0 aliphatic carbocycles. The number of hydrogen-bond donors (Lipinski definition) is 1. The third kappa shape index (κ3) is 2.96. The van der Waals surface area contributed by atoms with Crippen LogP contribution >= 0.6 is 0 Å². The molecule has 0 bridgehead atoms. The van der Waals surface area contributed by atoms with Gasteiger partial charge in [0.2, 0.25) is 0 Å². The Kier molecular flexibility index (Phi) is 4.03. The molecule has 2 aromatic rings. The molecule has 0 fully saturated rings. The van der Waals surface area contributed by atoms with E-state index in [0.717, 1.165) is 16.8 Å². The molecule has 0 amide bonds. The van der Waals surface area contributed by atoms with Crippen molar-refractivity contribution in [3.8, 4) is 0 Å². The minimum atomic E-state index is -0.940. The highest BCUT2D eigenvalue weighted by molar-refractivity contribution is 5.95. The van der Waals surface area contributed by atoms with Crippen molar-refractivity contribution in [1.82, 2.24) is 4.98 Å². The van der Waals surface area contributed by atoms with Crippen LogP contribution in [0.2, 0.25) is 0 Å². The molecular weight excluding hydrogens is 252 g/mol. The molecule has 4 nitrogen and oxygen atoms in total. The second kappa shape index (κ2) is 5.74. The second-order valence-electron chi connectivity index (χ2n) is 4.93. The normalized spacial score (nSPS) is 10.3. The predicted molar refractivity (Wildman–Crippen MR) is 79.2 cm³/mol. The van der Waals surface area contributed by atoms with Crippen LogP contribution in [0.15, 0.2) is 36.4 Å². The van der Waals surface area contributed by atoms with Gasteiger partial charge in [-0.05, 0) is 31.0 Å². The molecule has 1 aromatic heterocycles. The van der Waals surface area contributed by atoms with Crippen molar-refractivity contribution in [1.29, 1.82) is 0 Å². The average Bonchev–Trinajstić information content (AvgIpc) is 2.38. The van der Waals surface area contributed by atoms with E-state index in [1.807, 2.05) is 49.2 Å². The first kappa shape index (κ1) is 14.1. The van der Waals surface area contributed by atoms with Crippen molar-refractivity contribution in [2.24, 2.45) is 0 Å². The summed E-state index contributed by atoms with van der Waals surface area (Å²) >= 11 is 0. The Bertz CT molecular complexity index is 624. The van der Waals surface area contributed by atoms with E-state index >= 15 is 0 Å². The first-order valence-electron chi connectivity index (χ1n) is 6.45. The van der Waals surface area contributed by atoms with Gasteiger partial charge < -0.3 is 10.0 Å². The van der Waals surface area contributed by atoms with Crippen molar-refractivity contribution < 1.29 is 9.90 Å². The molecule has 104 valence electrons. The van der Waals surface area contributed by atoms with E-state index in [1.165, 1.54) is 0 Å². The first-order chi connectivity index (χ1) is 9.49. The summed E-state index contributed by atoms with van der Waals surface area (Å²) in [5.41, 5.74) is 2.95. The molecule has 0 spiro atoms. The number of carboxylic acids is 1. The fourth-order valence-corrected chi connectivity index (χ4v) is 2.29. The van der Waals surface area contributed by atoms with Gasteiger partial charge in [-0.2, -0.15) is 0 Å². The maximum atomic E-state index is 11.4. The van der Waals surface area contributed by atoms with Gasteiger partial charge in [-0.1, -0.05) is 30.3 Å². The summed E-state index contributed by atoms with van der Waals surface area (Å²) < 4.78 is 0. The Morgan fingerprint density at radius 3 is 2.50 bits per heavy atom. The molecule has 1 N–H and O–H groups in total. The van der Waals surface area contributed by atoms with Crippen LogP contribution in [-0.2, 0) is 6.54 Å². The van der Waals surface area contributed by atoms with Gasteiger partial charge in [-0.3, -0.25) is 0 Å². The van der Waals surface area contributed by atoms with Gasteiger partial charge in [0.25, 0.3) is 0 Å². The van der Waals surface area contributed by atoms with Crippen molar-refractivity contribution in [3.63, 3.8) is 0 Å². The SMILES string of the molecule is Cc1cc(C)c(C(=O)O)c(N(C)Cc2ccccc2)n1. The fraction of sp³-hybridized carbons (Fsp3) is 0.250. The number of aromatic nitrogens is 1. The molecular formula is C16H18N2O2. The van der Waals surface area contributed by atoms with Crippen LogP contribution in [0.25, 0.3) is 0 Å². The summed E-state index contributed by atoms with van der Waals surface area (Å²) in [7, 11) is 1.86. The summed E-state index contributed by atoms with van der Waals surface area (Å²) in [5, 5.41) is 9.39. The minimum Gasteiger partial charge on any atom is -0.478 e. The first-order valence-corrected chi connectivity index (χ1v) is 6.45. The number of benzene rings is 1. The number of anilines is 1. The lowest BCUT2D eigenvalue weighted by atomic mass is 10.1. The third-order valence-electron chi connectivity index (χ3n) is 3.16. The maximum Gasteiger partial charge on any atom is 0.339 e. The Morgan fingerprint density at radius 2 is 1.90 bits per heavy atom. The van der Waals surface area contributed by atoms with E-state index in [9.17, 15) is 9.90 Å². The van der Waals surface area contributed by atoms with E-state index in [2.05, 4.69) is 4.98 Å². The Balaban J connectivity index is 2.38. The molecule has 0 unspecified atom stereocenters. The third-order valence-corrected chi connectivity index (χ3v) is 3.16. The van der Waals surface area contributed by atoms with E-state index < -0.39 is 5.97 Å². The number of carboxylic acid groups (broad SMARTS) is 1. The Hall–Kier alpha value is -2.36. The smallest absolute Gasteiger partial charge is 0.339 e. The lowest BCUT2D eigenvalue weighted by Crippen LogP contribution is -2.22. The van der Waals surface area contributed by atoms with Crippen LogP contribution in [0.1, 0.15) is 27.2 Å². The van der Waals surface area contributed by atoms with Crippen LogP contribution in [0.3, 0.4) is 0 Å². The van der Waals surface area contributed by atoms with Crippen LogP contribution in [0.5, 0.6) is 0 Å². The zero-order valence-electron chi connectivity index (χ0n) is 11.9. The molecule has 1 heterocycles. The van der Waals surface area contributed by atoms with E-state index in [4.69, 9.17) is 0 Å². The van der Waals surface area contributed by atoms with Crippen molar-refractivity contribution >= 4 is 11.8 Å². The van der Waals surface area contributed by atoms with Crippen LogP contribution in [0.4, 0.5) is 5.82 Å². The minimum absolute atomic E-state index is 0.272. The van der Waals surface area contributed by atoms with Gasteiger partial charge in [0.15, 0.2) is 0 Å². The number of hydrogen-bond acceptors (Lipinski definition) is 3. The zero-order chi connectivity index (χ0) is 14.7. The maximum absolute atomic E-state index is 11.4. The van der Waals surface area contributed by atoms with Crippen LogP contribution < -0.4 is 4.90 Å². The highest BCUT2D eigenvalue weighted by Gasteiger charge is 2.18. The summed E-state index contributed by atoms with van der Waals surface area (Å²) in [6.07, 6.45) is 0. The summed E-state index contributed by atoms with van der Waals surface area (Å²) in [5.74, 6) is -0.427. The summed E-state index contributed by atoms with van der Waals surface area (Å²) in [4.78, 5) is 17.7. The van der Waals surface area contributed by atoms with Crippen LogP contribution in [-0.4, -0.2) is 23.1 Å². The Morgan fingerprint density at radius 1 is 1.25 bits per heavy atom. The predicted octanol–water partition coefficient (Wildman–Crippen LogP) is 3.03. The van der Waals surface area contributed by atoms with E-state index in [-0.39, 0.29) is 5.56 Å². The molecule has 0 aliphatic rings. The number of carbonyl (C=O) groups is 1. The zero-order valence-corrected chi connectivity index (χ0v) is 11.9. The molecule has 0 radical (unpaired) electrons. The highest BCUT2D eigenvalue weighted by atomic mass is 16.4. The number of nitrogens with zero attached hydrogens (tertiary/aromatic N) is 2. The van der Waals surface area contributed by atoms with Crippen molar-refractivity contribution in [3.05, 3.63) is 58.8 Å². The van der Waals surface area contributed by atoms with Crippen molar-refractivity contribution in [2.45, 2.75) is 20.4 Å². The topological polar surface area (TPSA) is 53.4 Å². The molecule has 0 saturated carbocycles. The number of aryl methyl sites for hydroxylation is 2. The fourth-order valence-electron chi connectivity index (χ4n) is 2.29. The van der Waals surface area contributed by atoms with Crippen LogP contribution in [0, 0.1) is 13.8 Å². The molecule has 0 aliphatic heterocycles. The number of aromatic carboxylic acids is 1. The molecule has 20 heavy (non-hydrogen) atoms. The van der Waals surface area contributed by atoms with Gasteiger partial charge in [-0.25, -0.2) is 9.78 Å². The number of pyridine rings is 1. The van der Waals surface area contributed by atoms with E-state index in [0.29, 0.717) is 12.4 Å². The summed E-state index contributed by atoms with van der Waals surface area (Å²) in [6.45, 7) is 4.30. The molecule has 4 heteroatoms. The van der Waals surface area contributed by atoms with Gasteiger partial charge in [-0.15, -0.1) is 0 Å². The van der Waals surface area contributed by atoms with Crippen molar-refractivity contribution in [2.75, 3.05) is 11.9 Å². The van der Waals surface area contributed by atoms with Gasteiger partial charge in [0.05, 0.1) is 0 Å². The highest BCUT2D eigenvalue weighted by Crippen LogP contribution is 2.23. The Labute approximate surface area is 118 Å². The standard InChI is InChI=1S/C16H18N2O2/c1-11-9-12(2)17-15(14(11)16(19)20)18(3)10-13-7-5-4-6-8-13/h4-9H,10H2,1-3H3,(H,19,20). The molecule has 2 rings (SSSR count). The molecule has 0 saturated heterocycles. The average molecular weight is 270 g/mol. The van der Waals surface area contributed by atoms with E-state index in [1.54, 1.807) is 13.0 Å². The lowest BCUT2D eigenvalue weighted by Gasteiger charge is -2.21. The number of rotatable bonds is 4. The van der Waals surface area contributed by atoms with Gasteiger partial charge >= 0.3 is 5.97 Å². The monoisotopic (exact) mass is 270 g/mol. The largest absolute Gasteiger partial charge is 0.478 e.